The maximum Gasteiger partial charge on any atom is 0.200 e. The van der Waals surface area contributed by atoms with Crippen molar-refractivity contribution in [3.63, 3.8) is 0 Å². The normalized spacial score (nSPS) is 12.6. The topological polar surface area (TPSA) is 12.0 Å². The van der Waals surface area contributed by atoms with E-state index in [1.54, 1.807) is 6.92 Å². The molecule has 20 heavy (non-hydrogen) atoms. The van der Waals surface area contributed by atoms with E-state index in [2.05, 4.69) is 12.2 Å². The van der Waals surface area contributed by atoms with E-state index in [4.69, 9.17) is 0 Å². The first-order chi connectivity index (χ1) is 9.40. The van der Waals surface area contributed by atoms with Crippen molar-refractivity contribution >= 4 is 5.69 Å². The standard InChI is InChI=1S/C14H18F5N/c1-3-4-5-6-7-8(2)20-14-12(18)10(16)9(15)11(17)13(14)19/h8,20H,3-7H2,1-2H3. The van der Waals surface area contributed by atoms with Gasteiger partial charge in [0.15, 0.2) is 23.3 Å². The van der Waals surface area contributed by atoms with Crippen LogP contribution in [0.15, 0.2) is 0 Å². The predicted molar refractivity (Wildman–Crippen MR) is 68.1 cm³/mol. The van der Waals surface area contributed by atoms with Crippen molar-refractivity contribution in [2.45, 2.75) is 52.0 Å². The average Bonchev–Trinajstić information content (AvgIpc) is 2.44. The summed E-state index contributed by atoms with van der Waals surface area (Å²) in [4.78, 5) is 0. The summed E-state index contributed by atoms with van der Waals surface area (Å²) in [6, 6.07) is -0.375. The lowest BCUT2D eigenvalue weighted by atomic mass is 10.1. The minimum atomic E-state index is -2.14. The molecule has 0 bridgehead atoms. The minimum absolute atomic E-state index is 0.375. The molecule has 0 fully saturated rings. The van der Waals surface area contributed by atoms with E-state index in [-0.39, 0.29) is 6.04 Å². The highest BCUT2D eigenvalue weighted by Crippen LogP contribution is 2.28. The van der Waals surface area contributed by atoms with Crippen LogP contribution in [0.2, 0.25) is 0 Å². The zero-order valence-corrected chi connectivity index (χ0v) is 11.5. The monoisotopic (exact) mass is 295 g/mol. The van der Waals surface area contributed by atoms with Gasteiger partial charge in [0, 0.05) is 6.04 Å². The second-order valence-corrected chi connectivity index (χ2v) is 4.84. The summed E-state index contributed by atoms with van der Waals surface area (Å²) in [6.45, 7) is 3.69. The second-order valence-electron chi connectivity index (χ2n) is 4.84. The number of nitrogens with one attached hydrogen (secondary N) is 1. The van der Waals surface area contributed by atoms with Crippen LogP contribution < -0.4 is 5.32 Å². The molecule has 0 aromatic heterocycles. The van der Waals surface area contributed by atoms with Crippen molar-refractivity contribution in [3.8, 4) is 0 Å². The molecule has 0 spiro atoms. The Morgan fingerprint density at radius 3 is 1.80 bits per heavy atom. The van der Waals surface area contributed by atoms with Gasteiger partial charge in [-0.3, -0.25) is 0 Å². The van der Waals surface area contributed by atoms with Crippen LogP contribution in [0.25, 0.3) is 0 Å². The van der Waals surface area contributed by atoms with Crippen LogP contribution in [0.3, 0.4) is 0 Å². The Morgan fingerprint density at radius 2 is 1.30 bits per heavy atom. The molecular formula is C14H18F5N. The van der Waals surface area contributed by atoms with Gasteiger partial charge in [0.2, 0.25) is 5.82 Å². The molecule has 1 N–H and O–H groups in total. The zero-order chi connectivity index (χ0) is 15.3. The van der Waals surface area contributed by atoms with Crippen LogP contribution in [0.4, 0.5) is 27.6 Å². The number of unbranched alkanes of at least 4 members (excludes halogenated alkanes) is 3. The zero-order valence-electron chi connectivity index (χ0n) is 11.5. The first-order valence-corrected chi connectivity index (χ1v) is 6.68. The molecule has 0 amide bonds. The molecule has 0 saturated carbocycles. The molecule has 6 heteroatoms. The fraction of sp³-hybridized carbons (Fsp3) is 0.571. The van der Waals surface area contributed by atoms with E-state index in [1.165, 1.54) is 0 Å². The fourth-order valence-corrected chi connectivity index (χ4v) is 1.93. The molecule has 0 aliphatic heterocycles. The highest BCUT2D eigenvalue weighted by molar-refractivity contribution is 5.48. The van der Waals surface area contributed by atoms with Crippen molar-refractivity contribution in [2.75, 3.05) is 5.32 Å². The Morgan fingerprint density at radius 1 is 0.800 bits per heavy atom. The molecule has 0 saturated heterocycles. The van der Waals surface area contributed by atoms with E-state index in [0.717, 1.165) is 25.7 Å². The number of halogens is 5. The number of anilines is 1. The molecule has 1 aromatic rings. The number of rotatable bonds is 7. The molecule has 0 aliphatic rings. The van der Waals surface area contributed by atoms with Gasteiger partial charge in [0.05, 0.1) is 0 Å². The summed E-state index contributed by atoms with van der Waals surface area (Å²) >= 11 is 0. The Balaban J connectivity index is 2.77. The van der Waals surface area contributed by atoms with Crippen LogP contribution >= 0.6 is 0 Å². The van der Waals surface area contributed by atoms with E-state index >= 15 is 0 Å². The van der Waals surface area contributed by atoms with E-state index in [0.29, 0.717) is 6.42 Å². The molecule has 1 rings (SSSR count). The SMILES string of the molecule is CCCCCCC(C)Nc1c(F)c(F)c(F)c(F)c1F. The van der Waals surface area contributed by atoms with Crippen molar-refractivity contribution in [1.29, 1.82) is 0 Å². The molecule has 0 radical (unpaired) electrons. The van der Waals surface area contributed by atoms with Gasteiger partial charge < -0.3 is 5.32 Å². The van der Waals surface area contributed by atoms with Crippen LogP contribution in [0.5, 0.6) is 0 Å². The average molecular weight is 295 g/mol. The molecule has 0 heterocycles. The van der Waals surface area contributed by atoms with E-state index in [9.17, 15) is 22.0 Å². The maximum absolute atomic E-state index is 13.4. The van der Waals surface area contributed by atoms with E-state index < -0.39 is 34.8 Å². The number of hydrogen-bond donors (Lipinski definition) is 1. The first-order valence-electron chi connectivity index (χ1n) is 6.68. The van der Waals surface area contributed by atoms with Crippen LogP contribution in [0, 0.1) is 29.1 Å². The van der Waals surface area contributed by atoms with Crippen LogP contribution in [-0.2, 0) is 0 Å². The molecule has 114 valence electrons. The molecule has 1 aromatic carbocycles. The predicted octanol–water partition coefficient (Wildman–Crippen LogP) is 5.15. The molecular weight excluding hydrogens is 277 g/mol. The summed E-state index contributed by atoms with van der Waals surface area (Å²) in [5, 5.41) is 2.37. The third-order valence-corrected chi connectivity index (χ3v) is 3.09. The number of benzene rings is 1. The van der Waals surface area contributed by atoms with Crippen LogP contribution in [-0.4, -0.2) is 6.04 Å². The highest BCUT2D eigenvalue weighted by Gasteiger charge is 2.26. The summed E-state index contributed by atoms with van der Waals surface area (Å²) in [5.41, 5.74) is -0.954. The largest absolute Gasteiger partial charge is 0.378 e. The van der Waals surface area contributed by atoms with Gasteiger partial charge in [-0.2, -0.15) is 0 Å². The Bertz CT molecular complexity index is 432. The van der Waals surface area contributed by atoms with Gasteiger partial charge >= 0.3 is 0 Å². The maximum atomic E-state index is 13.4. The second kappa shape index (κ2) is 7.45. The lowest BCUT2D eigenvalue weighted by Gasteiger charge is -2.17. The van der Waals surface area contributed by atoms with Crippen molar-refractivity contribution < 1.29 is 22.0 Å². The highest BCUT2D eigenvalue weighted by atomic mass is 19.2. The van der Waals surface area contributed by atoms with E-state index in [1.807, 2.05) is 0 Å². The van der Waals surface area contributed by atoms with Gasteiger partial charge in [-0.1, -0.05) is 32.6 Å². The molecule has 1 atom stereocenters. The third-order valence-electron chi connectivity index (χ3n) is 3.09. The van der Waals surface area contributed by atoms with Crippen molar-refractivity contribution in [1.82, 2.24) is 0 Å². The van der Waals surface area contributed by atoms with Gasteiger partial charge in [0.25, 0.3) is 0 Å². The summed E-state index contributed by atoms with van der Waals surface area (Å²) < 4.78 is 65.7. The smallest absolute Gasteiger partial charge is 0.200 e. The Kier molecular flexibility index (Phi) is 6.23. The third kappa shape index (κ3) is 3.84. The van der Waals surface area contributed by atoms with Crippen LogP contribution in [0.1, 0.15) is 46.0 Å². The van der Waals surface area contributed by atoms with Crippen molar-refractivity contribution in [2.24, 2.45) is 0 Å². The summed E-state index contributed by atoms with van der Waals surface area (Å²) in [6.07, 6.45) is 4.51. The minimum Gasteiger partial charge on any atom is -0.378 e. The Hall–Kier alpha value is -1.33. The van der Waals surface area contributed by atoms with Gasteiger partial charge in [0.1, 0.15) is 5.69 Å². The lowest BCUT2D eigenvalue weighted by Crippen LogP contribution is -2.19. The summed E-state index contributed by atoms with van der Waals surface area (Å²) in [7, 11) is 0. The van der Waals surface area contributed by atoms with Gasteiger partial charge in [-0.25, -0.2) is 22.0 Å². The lowest BCUT2D eigenvalue weighted by molar-refractivity contribution is 0.380. The molecule has 1 unspecified atom stereocenters. The molecule has 1 nitrogen and oxygen atoms in total. The van der Waals surface area contributed by atoms with Gasteiger partial charge in [-0.05, 0) is 13.3 Å². The quantitative estimate of drug-likeness (QED) is 0.317. The van der Waals surface area contributed by atoms with Crippen molar-refractivity contribution in [3.05, 3.63) is 29.1 Å². The number of hydrogen-bond acceptors (Lipinski definition) is 1. The summed E-state index contributed by atoms with van der Waals surface area (Å²) in [5.74, 6) is -9.63. The molecule has 0 aliphatic carbocycles. The fourth-order valence-electron chi connectivity index (χ4n) is 1.93. The van der Waals surface area contributed by atoms with Gasteiger partial charge in [-0.15, -0.1) is 0 Å². The first kappa shape index (κ1) is 16.7. The Labute approximate surface area is 115 Å².